The molecule has 0 aliphatic carbocycles. The Kier molecular flexibility index (Phi) is 5.35. The number of benzene rings is 2. The predicted molar refractivity (Wildman–Crippen MR) is 115 cm³/mol. The number of aromatic nitrogens is 1. The lowest BCUT2D eigenvalue weighted by Gasteiger charge is -2.36. The molecule has 2 amide bonds. The van der Waals surface area contributed by atoms with Crippen molar-refractivity contribution in [2.75, 3.05) is 43.5 Å². The van der Waals surface area contributed by atoms with Crippen molar-refractivity contribution in [2.24, 2.45) is 0 Å². The molecule has 1 aliphatic heterocycles. The fourth-order valence-electron chi connectivity index (χ4n) is 3.42. The van der Waals surface area contributed by atoms with Gasteiger partial charge in [0, 0.05) is 50.4 Å². The highest BCUT2D eigenvalue weighted by atomic mass is 32.1. The maximum absolute atomic E-state index is 13.0. The minimum absolute atomic E-state index is 0.0201. The molecule has 7 nitrogen and oxygen atoms in total. The molecule has 3 aromatic rings. The highest BCUT2D eigenvalue weighted by molar-refractivity contribution is 7.22. The summed E-state index contributed by atoms with van der Waals surface area (Å²) < 4.78 is 6.19. The van der Waals surface area contributed by atoms with Gasteiger partial charge in [0.05, 0.1) is 17.3 Å². The SMILES string of the molecule is COc1cccc(N2CCN(C(=O)c3ccc4nc(NC(C)=O)sc4c3)CC2)c1. The molecule has 150 valence electrons. The summed E-state index contributed by atoms with van der Waals surface area (Å²) in [7, 11) is 1.66. The Morgan fingerprint density at radius 1 is 1.10 bits per heavy atom. The van der Waals surface area contributed by atoms with Gasteiger partial charge < -0.3 is 19.9 Å². The van der Waals surface area contributed by atoms with Crippen LogP contribution >= 0.6 is 11.3 Å². The van der Waals surface area contributed by atoms with Gasteiger partial charge in [-0.3, -0.25) is 9.59 Å². The van der Waals surface area contributed by atoms with Gasteiger partial charge in [-0.2, -0.15) is 0 Å². The van der Waals surface area contributed by atoms with E-state index in [0.717, 1.165) is 34.7 Å². The number of fused-ring (bicyclic) bond motifs is 1. The largest absolute Gasteiger partial charge is 0.497 e. The Bertz CT molecular complexity index is 1060. The summed E-state index contributed by atoms with van der Waals surface area (Å²) >= 11 is 1.37. The van der Waals surface area contributed by atoms with Crippen LogP contribution in [-0.2, 0) is 4.79 Å². The summed E-state index contributed by atoms with van der Waals surface area (Å²) in [6.45, 7) is 4.32. The van der Waals surface area contributed by atoms with Gasteiger partial charge in [0.25, 0.3) is 5.91 Å². The molecule has 0 atom stereocenters. The van der Waals surface area contributed by atoms with Gasteiger partial charge in [-0.15, -0.1) is 0 Å². The average Bonchev–Trinajstić information content (AvgIpc) is 3.14. The van der Waals surface area contributed by atoms with E-state index in [1.54, 1.807) is 13.2 Å². The van der Waals surface area contributed by atoms with Crippen molar-refractivity contribution in [1.29, 1.82) is 0 Å². The van der Waals surface area contributed by atoms with E-state index < -0.39 is 0 Å². The number of hydrogen-bond acceptors (Lipinski definition) is 6. The maximum Gasteiger partial charge on any atom is 0.254 e. The van der Waals surface area contributed by atoms with Crippen molar-refractivity contribution in [3.05, 3.63) is 48.0 Å². The van der Waals surface area contributed by atoms with Crippen LogP contribution in [0.1, 0.15) is 17.3 Å². The minimum atomic E-state index is -0.158. The molecule has 0 radical (unpaired) electrons. The Morgan fingerprint density at radius 3 is 2.62 bits per heavy atom. The normalized spacial score (nSPS) is 14.1. The van der Waals surface area contributed by atoms with Crippen molar-refractivity contribution in [3.8, 4) is 5.75 Å². The zero-order valence-corrected chi connectivity index (χ0v) is 17.2. The van der Waals surface area contributed by atoms with Crippen molar-refractivity contribution in [3.63, 3.8) is 0 Å². The summed E-state index contributed by atoms with van der Waals surface area (Å²) in [6, 6.07) is 13.5. The van der Waals surface area contributed by atoms with Gasteiger partial charge in [0.1, 0.15) is 5.75 Å². The van der Waals surface area contributed by atoms with Gasteiger partial charge >= 0.3 is 0 Å². The Morgan fingerprint density at radius 2 is 1.90 bits per heavy atom. The summed E-state index contributed by atoms with van der Waals surface area (Å²) in [6.07, 6.45) is 0. The molecule has 1 saturated heterocycles. The first-order valence-corrected chi connectivity index (χ1v) is 10.2. The molecule has 2 aromatic carbocycles. The Labute approximate surface area is 172 Å². The molecule has 0 unspecified atom stereocenters. The first-order chi connectivity index (χ1) is 14.0. The van der Waals surface area contributed by atoms with Crippen LogP contribution in [0, 0.1) is 0 Å². The minimum Gasteiger partial charge on any atom is -0.497 e. The molecule has 1 aliphatic rings. The molecule has 1 aromatic heterocycles. The third-order valence-electron chi connectivity index (χ3n) is 4.90. The number of carbonyl (C=O) groups excluding carboxylic acids is 2. The van der Waals surface area contributed by atoms with Gasteiger partial charge in [-0.25, -0.2) is 4.98 Å². The Balaban J connectivity index is 1.44. The second-order valence-corrected chi connectivity index (χ2v) is 7.89. The van der Waals surface area contributed by atoms with Crippen molar-refractivity contribution in [2.45, 2.75) is 6.92 Å². The molecule has 1 fully saturated rings. The van der Waals surface area contributed by atoms with Crippen LogP contribution in [0.15, 0.2) is 42.5 Å². The fraction of sp³-hybridized carbons (Fsp3) is 0.286. The lowest BCUT2D eigenvalue weighted by Crippen LogP contribution is -2.48. The molecular formula is C21H22N4O3S. The van der Waals surface area contributed by atoms with E-state index in [1.807, 2.05) is 35.2 Å². The standard InChI is InChI=1S/C21H22N4O3S/c1-14(26)22-21-23-18-7-6-15(12-19(18)29-21)20(27)25-10-8-24(9-11-25)16-4-3-5-17(13-16)28-2/h3-7,12-13H,8-11H2,1-2H3,(H,22,23,26). The van der Waals surface area contributed by atoms with Gasteiger partial charge in [0.15, 0.2) is 5.13 Å². The number of thiazole rings is 1. The summed E-state index contributed by atoms with van der Waals surface area (Å²) in [5.74, 6) is 0.693. The van der Waals surface area contributed by atoms with Crippen LogP contribution in [0.3, 0.4) is 0 Å². The van der Waals surface area contributed by atoms with E-state index >= 15 is 0 Å². The lowest BCUT2D eigenvalue weighted by molar-refractivity contribution is -0.114. The second-order valence-electron chi connectivity index (χ2n) is 6.86. The number of hydrogen-bond donors (Lipinski definition) is 1. The Hall–Kier alpha value is -3.13. The highest BCUT2D eigenvalue weighted by Crippen LogP contribution is 2.28. The maximum atomic E-state index is 13.0. The molecule has 29 heavy (non-hydrogen) atoms. The molecule has 4 rings (SSSR count). The molecule has 1 N–H and O–H groups in total. The number of anilines is 2. The number of nitrogens with one attached hydrogen (secondary N) is 1. The summed E-state index contributed by atoms with van der Waals surface area (Å²) in [5.41, 5.74) is 2.52. The van der Waals surface area contributed by atoms with E-state index in [1.165, 1.54) is 18.3 Å². The van der Waals surface area contributed by atoms with Crippen molar-refractivity contribution in [1.82, 2.24) is 9.88 Å². The summed E-state index contributed by atoms with van der Waals surface area (Å²) in [4.78, 5) is 32.7. The highest BCUT2D eigenvalue weighted by Gasteiger charge is 2.23. The molecule has 0 bridgehead atoms. The van der Waals surface area contributed by atoms with E-state index in [2.05, 4.69) is 21.3 Å². The van der Waals surface area contributed by atoms with Crippen LogP contribution < -0.4 is 15.0 Å². The van der Waals surface area contributed by atoms with E-state index in [0.29, 0.717) is 23.8 Å². The number of amides is 2. The fourth-order valence-corrected chi connectivity index (χ4v) is 4.37. The molecule has 8 heteroatoms. The van der Waals surface area contributed by atoms with Gasteiger partial charge in [0.2, 0.25) is 5.91 Å². The zero-order valence-electron chi connectivity index (χ0n) is 16.3. The van der Waals surface area contributed by atoms with Crippen LogP contribution in [0.4, 0.5) is 10.8 Å². The number of rotatable bonds is 4. The van der Waals surface area contributed by atoms with E-state index in [4.69, 9.17) is 4.74 Å². The van der Waals surface area contributed by atoms with E-state index in [-0.39, 0.29) is 11.8 Å². The smallest absolute Gasteiger partial charge is 0.254 e. The van der Waals surface area contributed by atoms with Crippen molar-refractivity contribution >= 4 is 44.2 Å². The predicted octanol–water partition coefficient (Wildman–Crippen LogP) is 3.23. The lowest BCUT2D eigenvalue weighted by atomic mass is 10.1. The molecular weight excluding hydrogens is 388 g/mol. The molecule has 0 spiro atoms. The van der Waals surface area contributed by atoms with Crippen molar-refractivity contribution < 1.29 is 14.3 Å². The molecule has 2 heterocycles. The van der Waals surface area contributed by atoms with Gasteiger partial charge in [-0.05, 0) is 30.3 Å². The number of methoxy groups -OCH3 is 1. The first-order valence-electron chi connectivity index (χ1n) is 9.40. The van der Waals surface area contributed by atoms with Crippen LogP contribution in [-0.4, -0.2) is 55.0 Å². The van der Waals surface area contributed by atoms with Crippen LogP contribution in [0.5, 0.6) is 5.75 Å². The van der Waals surface area contributed by atoms with E-state index in [9.17, 15) is 9.59 Å². The first kappa shape index (κ1) is 19.2. The third kappa shape index (κ3) is 4.17. The molecule has 0 saturated carbocycles. The number of carbonyl (C=O) groups is 2. The second kappa shape index (κ2) is 8.08. The van der Waals surface area contributed by atoms with Gasteiger partial charge in [-0.1, -0.05) is 17.4 Å². The monoisotopic (exact) mass is 410 g/mol. The van der Waals surface area contributed by atoms with Crippen LogP contribution in [0.25, 0.3) is 10.2 Å². The number of piperazine rings is 1. The third-order valence-corrected chi connectivity index (χ3v) is 5.84. The number of ether oxygens (including phenoxy) is 1. The number of nitrogens with zero attached hydrogens (tertiary/aromatic N) is 3. The quantitative estimate of drug-likeness (QED) is 0.715. The average molecular weight is 410 g/mol. The summed E-state index contributed by atoms with van der Waals surface area (Å²) in [5, 5.41) is 3.24. The topological polar surface area (TPSA) is 74.8 Å². The zero-order chi connectivity index (χ0) is 20.4. The van der Waals surface area contributed by atoms with Crippen LogP contribution in [0.2, 0.25) is 0 Å².